The maximum Gasteiger partial charge on any atom is 0.153 e. The van der Waals surface area contributed by atoms with Crippen LogP contribution in [0.4, 0.5) is 5.69 Å². The molecule has 0 amide bonds. The highest BCUT2D eigenvalue weighted by Gasteiger charge is 2.17. The van der Waals surface area contributed by atoms with Crippen LogP contribution in [-0.2, 0) is 13.0 Å². The quantitative estimate of drug-likeness (QED) is 0.673. The number of nitrogens with two attached hydrogens (primary N) is 1. The molecule has 0 aliphatic heterocycles. The van der Waals surface area contributed by atoms with Gasteiger partial charge in [-0.15, -0.1) is 32.9 Å². The molecule has 0 bridgehead atoms. The van der Waals surface area contributed by atoms with Crippen molar-refractivity contribution in [1.29, 1.82) is 0 Å². The van der Waals surface area contributed by atoms with Crippen molar-refractivity contribution in [3.05, 3.63) is 37.4 Å². The minimum Gasteiger partial charge on any atom is -0.377 e. The largest absolute Gasteiger partial charge is 0.377 e. The Labute approximate surface area is 145 Å². The number of hydrogen-bond donors (Lipinski definition) is 2. The zero-order valence-electron chi connectivity index (χ0n) is 12.4. The van der Waals surface area contributed by atoms with Crippen LogP contribution >= 0.6 is 38.6 Å². The summed E-state index contributed by atoms with van der Waals surface area (Å²) in [6.07, 6.45) is 0.870. The topological polar surface area (TPSA) is 63.8 Å². The number of fused-ring (bicyclic) bond motifs is 1. The summed E-state index contributed by atoms with van der Waals surface area (Å²) in [6, 6.07) is 4.33. The number of anilines is 1. The smallest absolute Gasteiger partial charge is 0.153 e. The maximum absolute atomic E-state index is 5.95. The number of aryl methyl sites for hydroxylation is 1. The molecule has 3 N–H and O–H groups in total. The third kappa shape index (κ3) is 3.17. The molecule has 22 heavy (non-hydrogen) atoms. The predicted octanol–water partition coefficient (Wildman–Crippen LogP) is 4.33. The number of nitrogens with one attached hydrogen (secondary N) is 1. The second-order valence-corrected chi connectivity index (χ2v) is 8.20. The average molecular weight is 397 g/mol. The van der Waals surface area contributed by atoms with Gasteiger partial charge in [-0.2, -0.15) is 0 Å². The first kappa shape index (κ1) is 15.9. The van der Waals surface area contributed by atoms with Crippen LogP contribution in [0.1, 0.15) is 22.2 Å². The monoisotopic (exact) mass is 396 g/mol. The molecule has 116 valence electrons. The minimum absolute atomic E-state index is 0.144. The molecule has 1 atom stereocenters. The molecule has 3 aromatic rings. The number of rotatable bonds is 5. The summed E-state index contributed by atoms with van der Waals surface area (Å²) >= 11 is 7.02. The third-order valence-electron chi connectivity index (χ3n) is 3.41. The Kier molecular flexibility index (Phi) is 4.77. The number of hydrogen-bond acceptors (Lipinski definition) is 6. The van der Waals surface area contributed by atoms with Gasteiger partial charge in [-0.3, -0.25) is 0 Å². The second kappa shape index (κ2) is 6.62. The van der Waals surface area contributed by atoms with E-state index in [0.717, 1.165) is 33.5 Å². The first-order valence-electron chi connectivity index (χ1n) is 7.02. The Morgan fingerprint density at radius 1 is 1.41 bits per heavy atom. The van der Waals surface area contributed by atoms with Crippen LogP contribution in [0, 0.1) is 6.92 Å². The maximum atomic E-state index is 5.95. The Morgan fingerprint density at radius 3 is 2.91 bits per heavy atom. The molecule has 3 rings (SSSR count). The van der Waals surface area contributed by atoms with Gasteiger partial charge in [-0.25, -0.2) is 0 Å². The molecule has 3 heterocycles. The SMILES string of the molecule is Cc1c(C[C@H](C)N)sc2c(NCc3cccs3)c(Br)nnc12. The summed E-state index contributed by atoms with van der Waals surface area (Å²) < 4.78 is 1.90. The Bertz CT molecular complexity index is 781. The molecule has 0 unspecified atom stereocenters. The van der Waals surface area contributed by atoms with Crippen LogP contribution < -0.4 is 11.1 Å². The molecule has 7 heteroatoms. The summed E-state index contributed by atoms with van der Waals surface area (Å²) in [5, 5.41) is 14.2. The van der Waals surface area contributed by atoms with E-state index in [4.69, 9.17) is 5.73 Å². The molecule has 0 aromatic carbocycles. The van der Waals surface area contributed by atoms with E-state index in [9.17, 15) is 0 Å². The molecule has 3 aromatic heterocycles. The lowest BCUT2D eigenvalue weighted by Crippen LogP contribution is -2.17. The molecule has 0 saturated heterocycles. The van der Waals surface area contributed by atoms with Crippen molar-refractivity contribution < 1.29 is 0 Å². The molecule has 0 saturated carbocycles. The lowest BCUT2D eigenvalue weighted by Gasteiger charge is -2.07. The van der Waals surface area contributed by atoms with Gasteiger partial charge < -0.3 is 11.1 Å². The van der Waals surface area contributed by atoms with Gasteiger partial charge in [0.05, 0.1) is 10.4 Å². The highest BCUT2D eigenvalue weighted by Crippen LogP contribution is 2.38. The average Bonchev–Trinajstić information content (AvgIpc) is 3.07. The van der Waals surface area contributed by atoms with Gasteiger partial charge in [-0.1, -0.05) is 6.07 Å². The van der Waals surface area contributed by atoms with Gasteiger partial charge in [0.2, 0.25) is 0 Å². The van der Waals surface area contributed by atoms with E-state index in [1.807, 2.05) is 6.92 Å². The van der Waals surface area contributed by atoms with E-state index in [2.05, 4.69) is 55.9 Å². The van der Waals surface area contributed by atoms with E-state index >= 15 is 0 Å². The highest BCUT2D eigenvalue weighted by molar-refractivity contribution is 9.10. The van der Waals surface area contributed by atoms with Crippen molar-refractivity contribution in [1.82, 2.24) is 10.2 Å². The zero-order valence-corrected chi connectivity index (χ0v) is 15.6. The van der Waals surface area contributed by atoms with Gasteiger partial charge in [0.1, 0.15) is 5.52 Å². The fourth-order valence-electron chi connectivity index (χ4n) is 2.31. The fraction of sp³-hybridized carbons (Fsp3) is 0.333. The molecule has 0 radical (unpaired) electrons. The van der Waals surface area contributed by atoms with Crippen LogP contribution in [0.25, 0.3) is 10.2 Å². The lowest BCUT2D eigenvalue weighted by molar-refractivity contribution is 0.744. The van der Waals surface area contributed by atoms with Crippen molar-refractivity contribution in [2.75, 3.05) is 5.32 Å². The normalized spacial score (nSPS) is 12.7. The lowest BCUT2D eigenvalue weighted by atomic mass is 10.1. The zero-order chi connectivity index (χ0) is 15.7. The number of nitrogens with zero attached hydrogens (tertiary/aromatic N) is 2. The van der Waals surface area contributed by atoms with E-state index in [-0.39, 0.29) is 6.04 Å². The Morgan fingerprint density at radius 2 is 2.23 bits per heavy atom. The molecule has 0 fully saturated rings. The summed E-state index contributed by atoms with van der Waals surface area (Å²) in [5.41, 5.74) is 9.13. The number of aromatic nitrogens is 2. The van der Waals surface area contributed by atoms with Crippen molar-refractivity contribution in [3.63, 3.8) is 0 Å². The molecule has 4 nitrogen and oxygen atoms in total. The van der Waals surface area contributed by atoms with Crippen LogP contribution in [0.5, 0.6) is 0 Å². The van der Waals surface area contributed by atoms with Gasteiger partial charge in [0.15, 0.2) is 4.60 Å². The first-order valence-corrected chi connectivity index (χ1v) is 9.51. The summed E-state index contributed by atoms with van der Waals surface area (Å²) in [6.45, 7) is 4.92. The minimum atomic E-state index is 0.144. The van der Waals surface area contributed by atoms with Crippen LogP contribution in [-0.4, -0.2) is 16.2 Å². The standard InChI is InChI=1S/C15H17BrN4S2/c1-8(17)6-11-9(2)12-14(22-11)13(15(16)20-19-12)18-7-10-4-3-5-21-10/h3-5,8H,6-7,17H2,1-2H3,(H,18,19)/t8-/m0/s1. The van der Waals surface area contributed by atoms with E-state index < -0.39 is 0 Å². The van der Waals surface area contributed by atoms with Crippen LogP contribution in [0.2, 0.25) is 0 Å². The van der Waals surface area contributed by atoms with Gasteiger partial charge in [0.25, 0.3) is 0 Å². The van der Waals surface area contributed by atoms with Crippen molar-refractivity contribution >= 4 is 54.5 Å². The molecular weight excluding hydrogens is 380 g/mol. The fourth-order valence-corrected chi connectivity index (χ4v) is 4.90. The number of halogens is 1. The Hall–Kier alpha value is -1.02. The summed E-state index contributed by atoms with van der Waals surface area (Å²) in [7, 11) is 0. The molecule has 0 aliphatic carbocycles. The highest BCUT2D eigenvalue weighted by atomic mass is 79.9. The van der Waals surface area contributed by atoms with Crippen molar-refractivity contribution in [2.24, 2.45) is 5.73 Å². The first-order chi connectivity index (χ1) is 10.6. The number of thiophene rings is 2. The van der Waals surface area contributed by atoms with E-state index in [1.165, 1.54) is 15.3 Å². The third-order valence-corrected chi connectivity index (χ3v) is 6.16. The Balaban J connectivity index is 1.98. The van der Waals surface area contributed by atoms with E-state index in [0.29, 0.717) is 0 Å². The molecular formula is C15H17BrN4S2. The van der Waals surface area contributed by atoms with Crippen LogP contribution in [0.15, 0.2) is 22.1 Å². The second-order valence-electron chi connectivity index (χ2n) is 5.31. The van der Waals surface area contributed by atoms with Gasteiger partial charge >= 0.3 is 0 Å². The van der Waals surface area contributed by atoms with Gasteiger partial charge in [0, 0.05) is 22.3 Å². The summed E-state index contributed by atoms with van der Waals surface area (Å²) in [4.78, 5) is 2.58. The summed E-state index contributed by atoms with van der Waals surface area (Å²) in [5.74, 6) is 0. The predicted molar refractivity (Wildman–Crippen MR) is 98.9 cm³/mol. The van der Waals surface area contributed by atoms with Crippen LogP contribution in [0.3, 0.4) is 0 Å². The van der Waals surface area contributed by atoms with Crippen molar-refractivity contribution in [2.45, 2.75) is 32.9 Å². The molecule has 0 spiro atoms. The van der Waals surface area contributed by atoms with E-state index in [1.54, 1.807) is 22.7 Å². The molecule has 0 aliphatic rings. The van der Waals surface area contributed by atoms with Crippen molar-refractivity contribution in [3.8, 4) is 0 Å². The van der Waals surface area contributed by atoms with Gasteiger partial charge in [-0.05, 0) is 53.2 Å².